The highest BCUT2D eigenvalue weighted by Crippen LogP contribution is 2.25. The lowest BCUT2D eigenvalue weighted by molar-refractivity contribution is 0.0752. The third-order valence-corrected chi connectivity index (χ3v) is 4.55. The van der Waals surface area contributed by atoms with Crippen LogP contribution in [0.2, 0.25) is 0 Å². The predicted molar refractivity (Wildman–Crippen MR) is 110 cm³/mol. The first-order valence-electron chi connectivity index (χ1n) is 9.33. The normalized spacial score (nSPS) is 10.4. The van der Waals surface area contributed by atoms with Crippen LogP contribution in [0.25, 0.3) is 0 Å². The number of anilines is 2. The van der Waals surface area contributed by atoms with Crippen LogP contribution in [0.4, 0.5) is 11.4 Å². The van der Waals surface area contributed by atoms with E-state index in [0.29, 0.717) is 18.7 Å². The maximum Gasteiger partial charge on any atom is 0.255 e. The van der Waals surface area contributed by atoms with Gasteiger partial charge in [-0.05, 0) is 37.6 Å². The summed E-state index contributed by atoms with van der Waals surface area (Å²) in [5.74, 6) is -0.000169. The average Bonchev–Trinajstić information content (AvgIpc) is 2.74. The second-order valence-corrected chi connectivity index (χ2v) is 6.32. The van der Waals surface area contributed by atoms with E-state index in [4.69, 9.17) is 0 Å². The lowest BCUT2D eigenvalue weighted by Gasteiger charge is -2.25. The fourth-order valence-corrected chi connectivity index (χ4v) is 3.13. The average molecular weight is 359 g/mol. The number of amides is 1. The summed E-state index contributed by atoms with van der Waals surface area (Å²) in [5.41, 5.74) is 3.74. The first-order valence-corrected chi connectivity index (χ1v) is 9.33. The molecular weight excluding hydrogens is 334 g/mol. The summed E-state index contributed by atoms with van der Waals surface area (Å²) in [4.78, 5) is 21.4. The Bertz CT molecular complexity index is 865. The Labute approximate surface area is 161 Å². The lowest BCUT2D eigenvalue weighted by atomic mass is 10.1. The Balaban J connectivity index is 1.84. The van der Waals surface area contributed by atoms with Gasteiger partial charge in [0.05, 0.1) is 17.4 Å². The van der Waals surface area contributed by atoms with Crippen molar-refractivity contribution < 1.29 is 4.79 Å². The second-order valence-electron chi connectivity index (χ2n) is 6.32. The van der Waals surface area contributed by atoms with Gasteiger partial charge in [0.25, 0.3) is 5.91 Å². The molecule has 0 saturated heterocycles. The van der Waals surface area contributed by atoms with Gasteiger partial charge in [-0.25, -0.2) is 0 Å². The monoisotopic (exact) mass is 359 g/mol. The van der Waals surface area contributed by atoms with Crippen molar-refractivity contribution >= 4 is 17.3 Å². The van der Waals surface area contributed by atoms with Gasteiger partial charge < -0.3 is 9.80 Å². The van der Waals surface area contributed by atoms with Crippen molar-refractivity contribution in [2.45, 2.75) is 20.4 Å². The molecule has 4 nitrogen and oxygen atoms in total. The van der Waals surface area contributed by atoms with Gasteiger partial charge in [-0.3, -0.25) is 9.78 Å². The van der Waals surface area contributed by atoms with Crippen molar-refractivity contribution in [2.24, 2.45) is 0 Å². The molecule has 0 atom stereocenters. The minimum absolute atomic E-state index is 0.000169. The highest BCUT2D eigenvalue weighted by atomic mass is 16.2. The minimum atomic E-state index is -0.000169. The van der Waals surface area contributed by atoms with Crippen molar-refractivity contribution in [1.29, 1.82) is 0 Å². The third kappa shape index (κ3) is 4.53. The molecule has 0 saturated carbocycles. The van der Waals surface area contributed by atoms with Crippen LogP contribution in [0, 0.1) is 0 Å². The van der Waals surface area contributed by atoms with Crippen LogP contribution >= 0.6 is 0 Å². The van der Waals surface area contributed by atoms with Crippen molar-refractivity contribution in [3.63, 3.8) is 0 Å². The maximum absolute atomic E-state index is 13.0. The molecule has 27 heavy (non-hydrogen) atoms. The zero-order chi connectivity index (χ0) is 19.1. The molecule has 0 unspecified atom stereocenters. The van der Waals surface area contributed by atoms with Gasteiger partial charge in [0.15, 0.2) is 0 Å². The van der Waals surface area contributed by atoms with E-state index in [2.05, 4.69) is 28.9 Å². The number of benzene rings is 2. The zero-order valence-electron chi connectivity index (χ0n) is 15.9. The highest BCUT2D eigenvalue weighted by Gasteiger charge is 2.17. The number of aromatic nitrogens is 1. The number of carbonyl (C=O) groups is 1. The van der Waals surface area contributed by atoms with E-state index in [1.54, 1.807) is 12.4 Å². The van der Waals surface area contributed by atoms with E-state index in [1.165, 1.54) is 0 Å². The maximum atomic E-state index is 13.0. The van der Waals surface area contributed by atoms with E-state index >= 15 is 0 Å². The molecule has 0 bridgehead atoms. The molecule has 138 valence electrons. The summed E-state index contributed by atoms with van der Waals surface area (Å²) >= 11 is 0. The smallest absolute Gasteiger partial charge is 0.255 e. The number of para-hydroxylation sites is 1. The largest absolute Gasteiger partial charge is 0.340 e. The van der Waals surface area contributed by atoms with Crippen LogP contribution < -0.4 is 4.90 Å². The van der Waals surface area contributed by atoms with Crippen molar-refractivity contribution in [3.8, 4) is 0 Å². The predicted octanol–water partition coefficient (Wildman–Crippen LogP) is 4.90. The first kappa shape index (κ1) is 18.6. The summed E-state index contributed by atoms with van der Waals surface area (Å²) in [6.07, 6.45) is 3.46. The molecule has 1 aromatic heterocycles. The van der Waals surface area contributed by atoms with Gasteiger partial charge in [0.2, 0.25) is 0 Å². The molecule has 0 radical (unpaired) electrons. The Morgan fingerprint density at radius 3 is 2.15 bits per heavy atom. The molecule has 0 aliphatic heterocycles. The molecule has 0 aliphatic carbocycles. The fourth-order valence-electron chi connectivity index (χ4n) is 3.13. The molecule has 3 aromatic rings. The molecule has 0 aliphatic rings. The van der Waals surface area contributed by atoms with Gasteiger partial charge >= 0.3 is 0 Å². The van der Waals surface area contributed by atoms with Crippen molar-refractivity contribution in [2.75, 3.05) is 18.0 Å². The summed E-state index contributed by atoms with van der Waals surface area (Å²) < 4.78 is 0. The van der Waals surface area contributed by atoms with Crippen molar-refractivity contribution in [3.05, 3.63) is 90.3 Å². The van der Waals surface area contributed by atoms with Gasteiger partial charge in [0.1, 0.15) is 0 Å². The van der Waals surface area contributed by atoms with Crippen LogP contribution in [-0.4, -0.2) is 28.9 Å². The van der Waals surface area contributed by atoms with Crippen LogP contribution in [0.3, 0.4) is 0 Å². The van der Waals surface area contributed by atoms with Gasteiger partial charge in [-0.15, -0.1) is 0 Å². The topological polar surface area (TPSA) is 36.4 Å². The number of hydrogen-bond acceptors (Lipinski definition) is 3. The van der Waals surface area contributed by atoms with Crippen LogP contribution in [0.1, 0.15) is 29.8 Å². The SMILES string of the molecule is CCN(Cc1ccccc1)C(=O)c1cncc(N(CC)c2ccccc2)c1. The molecule has 0 fully saturated rings. The Morgan fingerprint density at radius 2 is 1.52 bits per heavy atom. The summed E-state index contributed by atoms with van der Waals surface area (Å²) in [7, 11) is 0. The molecule has 4 heteroatoms. The third-order valence-electron chi connectivity index (χ3n) is 4.55. The summed E-state index contributed by atoms with van der Waals surface area (Å²) in [5, 5.41) is 0. The van der Waals surface area contributed by atoms with Gasteiger partial charge in [-0.1, -0.05) is 48.5 Å². The van der Waals surface area contributed by atoms with Crippen LogP contribution in [-0.2, 0) is 6.54 Å². The number of rotatable bonds is 7. The Morgan fingerprint density at radius 1 is 0.852 bits per heavy atom. The number of nitrogens with zero attached hydrogens (tertiary/aromatic N) is 3. The molecule has 0 N–H and O–H groups in total. The first-order chi connectivity index (χ1) is 13.2. The molecule has 0 spiro atoms. The zero-order valence-corrected chi connectivity index (χ0v) is 15.9. The molecule has 1 heterocycles. The lowest BCUT2D eigenvalue weighted by Crippen LogP contribution is -2.30. The van der Waals surface area contributed by atoms with Gasteiger partial charge in [0, 0.05) is 31.5 Å². The molecule has 3 rings (SSSR count). The van der Waals surface area contributed by atoms with Gasteiger partial charge in [-0.2, -0.15) is 0 Å². The van der Waals surface area contributed by atoms with E-state index < -0.39 is 0 Å². The number of carbonyl (C=O) groups excluding carboxylic acids is 1. The summed E-state index contributed by atoms with van der Waals surface area (Å²) in [6.45, 7) is 6.13. The number of hydrogen-bond donors (Lipinski definition) is 0. The Hall–Kier alpha value is -3.14. The van der Waals surface area contributed by atoms with Crippen LogP contribution in [0.15, 0.2) is 79.1 Å². The minimum Gasteiger partial charge on any atom is -0.340 e. The quantitative estimate of drug-likeness (QED) is 0.602. The fraction of sp³-hybridized carbons (Fsp3) is 0.217. The van der Waals surface area contributed by atoms with E-state index in [0.717, 1.165) is 23.5 Å². The molecular formula is C23H25N3O. The number of pyridine rings is 1. The van der Waals surface area contributed by atoms with Crippen LogP contribution in [0.5, 0.6) is 0 Å². The highest BCUT2D eigenvalue weighted by molar-refractivity contribution is 5.95. The standard InChI is InChI=1S/C23H25N3O/c1-3-25(18-19-11-7-5-8-12-19)23(27)20-15-22(17-24-16-20)26(4-2)21-13-9-6-10-14-21/h5-17H,3-4,18H2,1-2H3. The van der Waals surface area contributed by atoms with Crippen molar-refractivity contribution in [1.82, 2.24) is 9.88 Å². The molecule has 2 aromatic carbocycles. The molecule has 1 amide bonds. The second kappa shape index (κ2) is 8.99. The van der Waals surface area contributed by atoms with E-state index in [9.17, 15) is 4.79 Å². The Kier molecular flexibility index (Phi) is 6.21. The van der Waals surface area contributed by atoms with E-state index in [1.807, 2.05) is 66.4 Å². The van der Waals surface area contributed by atoms with E-state index in [-0.39, 0.29) is 5.91 Å². The summed E-state index contributed by atoms with van der Waals surface area (Å²) in [6, 6.07) is 22.1.